The zero-order chi connectivity index (χ0) is 37.3. The van der Waals surface area contributed by atoms with Gasteiger partial charge in [0.15, 0.2) is 0 Å². The Balaban J connectivity index is 0.937. The molecule has 8 aromatic carbocycles. The van der Waals surface area contributed by atoms with Crippen LogP contribution in [0.5, 0.6) is 0 Å². The van der Waals surface area contributed by atoms with Gasteiger partial charge in [-0.1, -0.05) is 170 Å². The summed E-state index contributed by atoms with van der Waals surface area (Å²) in [5.41, 5.74) is 16.9. The standard InChI is InChI=1S/C54H40N2/c1-4-12-39(13-5-1)42-24-31-48(32-25-42)55(49-33-26-43(27-34-49)40-14-6-2-7-15-40)50-35-28-44(29-36-50)41-20-22-45(23-21-41)46-30-37-54-52(38-46)51-18-10-11-19-53(51)56(54)47-16-8-3-9-17-47/h1-38,51,53H. The van der Waals surface area contributed by atoms with E-state index in [0.717, 1.165) is 17.1 Å². The molecular weight excluding hydrogens is 677 g/mol. The summed E-state index contributed by atoms with van der Waals surface area (Å²) < 4.78 is 0. The van der Waals surface area contributed by atoms with Crippen molar-refractivity contribution in [2.24, 2.45) is 0 Å². The molecule has 266 valence electrons. The van der Waals surface area contributed by atoms with Crippen molar-refractivity contribution < 1.29 is 0 Å². The second-order valence-electron chi connectivity index (χ2n) is 14.6. The van der Waals surface area contributed by atoms with E-state index in [1.807, 2.05) is 0 Å². The van der Waals surface area contributed by atoms with Crippen LogP contribution in [-0.4, -0.2) is 6.04 Å². The second-order valence-corrected chi connectivity index (χ2v) is 14.6. The highest BCUT2D eigenvalue weighted by molar-refractivity contribution is 5.83. The summed E-state index contributed by atoms with van der Waals surface area (Å²) in [6, 6.07) is 74.9. The summed E-state index contributed by atoms with van der Waals surface area (Å²) in [5, 5.41) is 0. The number of rotatable bonds is 8. The minimum atomic E-state index is 0.288. The van der Waals surface area contributed by atoms with E-state index in [1.54, 1.807) is 0 Å². The quantitative estimate of drug-likeness (QED) is 0.154. The number of para-hydroxylation sites is 1. The fraction of sp³-hybridized carbons (Fsp3) is 0.0370. The number of allylic oxidation sites excluding steroid dienone is 2. The molecule has 0 aromatic heterocycles. The van der Waals surface area contributed by atoms with Gasteiger partial charge in [-0.25, -0.2) is 0 Å². The van der Waals surface area contributed by atoms with E-state index >= 15 is 0 Å². The minimum Gasteiger partial charge on any atom is -0.333 e. The monoisotopic (exact) mass is 716 g/mol. The molecular formula is C54H40N2. The second kappa shape index (κ2) is 14.6. The summed E-state index contributed by atoms with van der Waals surface area (Å²) in [5.74, 6) is 0.330. The molecule has 2 nitrogen and oxygen atoms in total. The largest absolute Gasteiger partial charge is 0.333 e. The lowest BCUT2D eigenvalue weighted by Gasteiger charge is -2.28. The van der Waals surface area contributed by atoms with Crippen LogP contribution < -0.4 is 9.80 Å². The van der Waals surface area contributed by atoms with E-state index in [9.17, 15) is 0 Å². The highest BCUT2D eigenvalue weighted by atomic mass is 15.2. The maximum Gasteiger partial charge on any atom is 0.0629 e. The topological polar surface area (TPSA) is 6.48 Å². The highest BCUT2D eigenvalue weighted by Gasteiger charge is 2.37. The molecule has 0 fully saturated rings. The van der Waals surface area contributed by atoms with E-state index in [4.69, 9.17) is 0 Å². The van der Waals surface area contributed by atoms with E-state index in [2.05, 4.69) is 240 Å². The molecule has 2 heteroatoms. The molecule has 8 aromatic rings. The van der Waals surface area contributed by atoms with Crippen molar-refractivity contribution in [1.29, 1.82) is 0 Å². The summed E-state index contributed by atoms with van der Waals surface area (Å²) in [6.45, 7) is 0. The lowest BCUT2D eigenvalue weighted by molar-refractivity contribution is 0.745. The Hall–Kier alpha value is -7.16. The predicted molar refractivity (Wildman–Crippen MR) is 236 cm³/mol. The van der Waals surface area contributed by atoms with Crippen molar-refractivity contribution in [3.8, 4) is 44.5 Å². The number of anilines is 5. The number of hydrogen-bond donors (Lipinski definition) is 0. The third kappa shape index (κ3) is 6.32. The summed E-state index contributed by atoms with van der Waals surface area (Å²) in [7, 11) is 0. The van der Waals surface area contributed by atoms with Gasteiger partial charge in [-0.3, -0.25) is 0 Å². The lowest BCUT2D eigenvalue weighted by Crippen LogP contribution is -2.28. The van der Waals surface area contributed by atoms with Gasteiger partial charge < -0.3 is 9.80 Å². The first-order chi connectivity index (χ1) is 27.8. The molecule has 1 aliphatic heterocycles. The molecule has 0 amide bonds. The van der Waals surface area contributed by atoms with Crippen LogP contribution in [-0.2, 0) is 0 Å². The van der Waals surface area contributed by atoms with E-state index in [1.165, 1.54) is 61.4 Å². The molecule has 0 saturated carbocycles. The molecule has 2 aliphatic rings. The maximum absolute atomic E-state index is 2.48. The number of fused-ring (bicyclic) bond motifs is 3. The van der Waals surface area contributed by atoms with Crippen molar-refractivity contribution in [1.82, 2.24) is 0 Å². The number of benzene rings is 8. The van der Waals surface area contributed by atoms with Crippen LogP contribution in [0.2, 0.25) is 0 Å². The molecule has 0 radical (unpaired) electrons. The van der Waals surface area contributed by atoms with Gasteiger partial charge in [0.05, 0.1) is 6.04 Å². The van der Waals surface area contributed by atoms with Gasteiger partial charge >= 0.3 is 0 Å². The fourth-order valence-corrected chi connectivity index (χ4v) is 8.38. The van der Waals surface area contributed by atoms with Crippen LogP contribution in [0.3, 0.4) is 0 Å². The maximum atomic E-state index is 2.48. The van der Waals surface area contributed by atoms with Crippen LogP contribution >= 0.6 is 0 Å². The smallest absolute Gasteiger partial charge is 0.0629 e. The van der Waals surface area contributed by atoms with Gasteiger partial charge in [-0.15, -0.1) is 0 Å². The van der Waals surface area contributed by atoms with Crippen molar-refractivity contribution >= 4 is 28.4 Å². The number of nitrogens with zero attached hydrogens (tertiary/aromatic N) is 2. The summed E-state index contributed by atoms with van der Waals surface area (Å²) >= 11 is 0. The molecule has 0 saturated heterocycles. The van der Waals surface area contributed by atoms with Crippen LogP contribution in [0.15, 0.2) is 231 Å². The first-order valence-electron chi connectivity index (χ1n) is 19.4. The average molecular weight is 717 g/mol. The Morgan fingerprint density at radius 3 is 1.20 bits per heavy atom. The predicted octanol–water partition coefficient (Wildman–Crippen LogP) is 14.6. The number of hydrogen-bond acceptors (Lipinski definition) is 2. The Kier molecular flexibility index (Phi) is 8.70. The average Bonchev–Trinajstić information content (AvgIpc) is 3.62. The molecule has 0 bridgehead atoms. The third-order valence-electron chi connectivity index (χ3n) is 11.2. The van der Waals surface area contributed by atoms with Gasteiger partial charge in [0, 0.05) is 34.4 Å². The van der Waals surface area contributed by atoms with Crippen LogP contribution in [0.4, 0.5) is 28.4 Å². The summed E-state index contributed by atoms with van der Waals surface area (Å²) in [4.78, 5) is 4.82. The molecule has 10 rings (SSSR count). The molecule has 2 atom stereocenters. The third-order valence-corrected chi connectivity index (χ3v) is 11.2. The molecule has 56 heavy (non-hydrogen) atoms. The zero-order valence-electron chi connectivity index (χ0n) is 31.0. The molecule has 0 N–H and O–H groups in total. The summed E-state index contributed by atoms with van der Waals surface area (Å²) in [6.07, 6.45) is 9.05. The van der Waals surface area contributed by atoms with Crippen LogP contribution in [0, 0.1) is 0 Å². The highest BCUT2D eigenvalue weighted by Crippen LogP contribution is 2.49. The van der Waals surface area contributed by atoms with Crippen molar-refractivity contribution in [2.75, 3.05) is 9.80 Å². The van der Waals surface area contributed by atoms with Crippen LogP contribution in [0.25, 0.3) is 44.5 Å². The van der Waals surface area contributed by atoms with E-state index < -0.39 is 0 Å². The van der Waals surface area contributed by atoms with Gasteiger partial charge in [-0.2, -0.15) is 0 Å². The van der Waals surface area contributed by atoms with Crippen molar-refractivity contribution in [2.45, 2.75) is 12.0 Å². The van der Waals surface area contributed by atoms with Crippen molar-refractivity contribution in [3.05, 3.63) is 236 Å². The molecule has 1 heterocycles. The molecule has 2 unspecified atom stereocenters. The SMILES string of the molecule is C1=CC2c3cc(-c4ccc(-c5ccc(N(c6ccc(-c7ccccc7)cc6)c6ccc(-c7ccccc7)cc6)cc5)cc4)ccc3N(c3ccccc3)C2C=C1. The Bertz CT molecular complexity index is 2560. The Morgan fingerprint density at radius 2 is 0.714 bits per heavy atom. The van der Waals surface area contributed by atoms with E-state index in [-0.39, 0.29) is 6.04 Å². The first-order valence-corrected chi connectivity index (χ1v) is 19.4. The normalized spacial score (nSPS) is 15.3. The molecule has 0 spiro atoms. The minimum absolute atomic E-state index is 0.288. The van der Waals surface area contributed by atoms with Gasteiger partial charge in [0.1, 0.15) is 0 Å². The first kappa shape index (κ1) is 33.4. The van der Waals surface area contributed by atoms with Gasteiger partial charge in [-0.05, 0) is 111 Å². The van der Waals surface area contributed by atoms with Gasteiger partial charge in [0.2, 0.25) is 0 Å². The molecule has 1 aliphatic carbocycles. The van der Waals surface area contributed by atoms with Crippen molar-refractivity contribution in [3.63, 3.8) is 0 Å². The Labute approximate surface area is 329 Å². The fourth-order valence-electron chi connectivity index (χ4n) is 8.38. The van der Waals surface area contributed by atoms with Gasteiger partial charge in [0.25, 0.3) is 0 Å². The Morgan fingerprint density at radius 1 is 0.339 bits per heavy atom. The zero-order valence-corrected chi connectivity index (χ0v) is 31.0. The van der Waals surface area contributed by atoms with E-state index in [0.29, 0.717) is 5.92 Å². The lowest BCUT2D eigenvalue weighted by atomic mass is 9.89. The van der Waals surface area contributed by atoms with Crippen LogP contribution in [0.1, 0.15) is 11.5 Å².